The zero-order valence-corrected chi connectivity index (χ0v) is 12.8. The van der Waals surface area contributed by atoms with Gasteiger partial charge in [-0.2, -0.15) is 0 Å². The van der Waals surface area contributed by atoms with Crippen molar-refractivity contribution in [3.63, 3.8) is 0 Å². The molecule has 21 heavy (non-hydrogen) atoms. The molecule has 0 aliphatic heterocycles. The number of nitrogens with two attached hydrogens (primary N) is 1. The number of thiocarbonyl (C=S) groups is 1. The fourth-order valence-electron chi connectivity index (χ4n) is 1.85. The average Bonchev–Trinajstić information content (AvgIpc) is 2.52. The summed E-state index contributed by atoms with van der Waals surface area (Å²) in [6.45, 7) is 0.409. The summed E-state index contributed by atoms with van der Waals surface area (Å²) in [5, 5.41) is 0. The lowest BCUT2D eigenvalue weighted by atomic mass is 10.1. The third-order valence-corrected chi connectivity index (χ3v) is 3.18. The third-order valence-electron chi connectivity index (χ3n) is 2.94. The van der Waals surface area contributed by atoms with Crippen LogP contribution in [0.1, 0.15) is 11.1 Å². The molecule has 0 fully saturated rings. The van der Waals surface area contributed by atoms with Crippen molar-refractivity contribution in [2.45, 2.75) is 6.61 Å². The minimum atomic E-state index is 0.375. The standard InChI is InChI=1S/C16H17NO3S/c1-18-13-7-14(19-2)9-15(8-13)20-10-11-4-3-5-12(6-11)16(17)21/h3-9H,10H2,1-2H3,(H2,17,21). The Labute approximate surface area is 129 Å². The van der Waals surface area contributed by atoms with E-state index in [9.17, 15) is 0 Å². The summed E-state index contributed by atoms with van der Waals surface area (Å²) < 4.78 is 16.2. The minimum Gasteiger partial charge on any atom is -0.496 e. The maximum absolute atomic E-state index is 5.77. The zero-order valence-electron chi connectivity index (χ0n) is 12.0. The Morgan fingerprint density at radius 2 is 1.62 bits per heavy atom. The smallest absolute Gasteiger partial charge is 0.127 e. The average molecular weight is 303 g/mol. The largest absolute Gasteiger partial charge is 0.496 e. The fraction of sp³-hybridized carbons (Fsp3) is 0.188. The molecule has 110 valence electrons. The van der Waals surface area contributed by atoms with Crippen LogP contribution in [-0.2, 0) is 6.61 Å². The predicted molar refractivity (Wildman–Crippen MR) is 86.2 cm³/mol. The molecule has 0 aromatic heterocycles. The Morgan fingerprint density at radius 3 is 2.19 bits per heavy atom. The summed E-state index contributed by atoms with van der Waals surface area (Å²) in [7, 11) is 3.20. The lowest BCUT2D eigenvalue weighted by Crippen LogP contribution is -2.09. The van der Waals surface area contributed by atoms with Gasteiger partial charge < -0.3 is 19.9 Å². The van der Waals surface area contributed by atoms with Crippen LogP contribution in [0.2, 0.25) is 0 Å². The van der Waals surface area contributed by atoms with Gasteiger partial charge in [-0.05, 0) is 11.6 Å². The Bertz CT molecular complexity index is 621. The maximum atomic E-state index is 5.77. The molecule has 0 atom stereocenters. The number of rotatable bonds is 6. The van der Waals surface area contributed by atoms with E-state index in [1.165, 1.54) is 0 Å². The normalized spacial score (nSPS) is 10.0. The molecule has 0 heterocycles. The molecule has 2 N–H and O–H groups in total. The first kappa shape index (κ1) is 15.1. The highest BCUT2D eigenvalue weighted by molar-refractivity contribution is 7.80. The molecule has 0 aliphatic carbocycles. The molecule has 0 bridgehead atoms. The molecule has 4 nitrogen and oxygen atoms in total. The number of benzene rings is 2. The van der Waals surface area contributed by atoms with Crippen molar-refractivity contribution in [1.82, 2.24) is 0 Å². The zero-order chi connectivity index (χ0) is 15.2. The van der Waals surface area contributed by atoms with Crippen LogP contribution in [0.15, 0.2) is 42.5 Å². The SMILES string of the molecule is COc1cc(OC)cc(OCc2cccc(C(N)=S)c2)c1. The Kier molecular flexibility index (Phi) is 5.00. The number of hydrogen-bond donors (Lipinski definition) is 1. The van der Waals surface area contributed by atoms with Gasteiger partial charge in [0.2, 0.25) is 0 Å². The van der Waals surface area contributed by atoms with Gasteiger partial charge in [0.15, 0.2) is 0 Å². The monoisotopic (exact) mass is 303 g/mol. The Hall–Kier alpha value is -2.27. The quantitative estimate of drug-likeness (QED) is 0.832. The lowest BCUT2D eigenvalue weighted by Gasteiger charge is -2.11. The highest BCUT2D eigenvalue weighted by atomic mass is 32.1. The summed E-state index contributed by atoms with van der Waals surface area (Å²) >= 11 is 4.97. The summed E-state index contributed by atoms with van der Waals surface area (Å²) in [6, 6.07) is 13.1. The van der Waals surface area contributed by atoms with Crippen LogP contribution in [-0.4, -0.2) is 19.2 Å². The molecule has 0 amide bonds. The summed E-state index contributed by atoms with van der Waals surface area (Å²) in [4.78, 5) is 0.375. The molecule has 0 radical (unpaired) electrons. The first-order valence-corrected chi connectivity index (χ1v) is 6.78. The van der Waals surface area contributed by atoms with E-state index < -0.39 is 0 Å². The molecule has 0 saturated heterocycles. The summed E-state index contributed by atoms with van der Waals surface area (Å²) in [6.07, 6.45) is 0. The van der Waals surface area contributed by atoms with Crippen LogP contribution in [0.5, 0.6) is 17.2 Å². The Morgan fingerprint density at radius 1 is 1.00 bits per heavy atom. The van der Waals surface area contributed by atoms with Crippen molar-refractivity contribution in [3.8, 4) is 17.2 Å². The van der Waals surface area contributed by atoms with Gasteiger partial charge in [0, 0.05) is 23.8 Å². The van der Waals surface area contributed by atoms with E-state index in [2.05, 4.69) is 0 Å². The van der Waals surface area contributed by atoms with Crippen molar-refractivity contribution >= 4 is 17.2 Å². The van der Waals surface area contributed by atoms with Crippen molar-refractivity contribution < 1.29 is 14.2 Å². The highest BCUT2D eigenvalue weighted by Crippen LogP contribution is 2.27. The second kappa shape index (κ2) is 6.95. The topological polar surface area (TPSA) is 53.7 Å². The van der Waals surface area contributed by atoms with Gasteiger partial charge in [-0.3, -0.25) is 0 Å². The number of methoxy groups -OCH3 is 2. The van der Waals surface area contributed by atoms with E-state index in [0.29, 0.717) is 28.8 Å². The van der Waals surface area contributed by atoms with Gasteiger partial charge in [0.1, 0.15) is 28.8 Å². The van der Waals surface area contributed by atoms with Crippen LogP contribution < -0.4 is 19.9 Å². The molecule has 5 heteroatoms. The number of ether oxygens (including phenoxy) is 3. The van der Waals surface area contributed by atoms with E-state index in [4.69, 9.17) is 32.2 Å². The number of hydrogen-bond acceptors (Lipinski definition) is 4. The maximum Gasteiger partial charge on any atom is 0.127 e. The second-order valence-electron chi connectivity index (χ2n) is 4.40. The Balaban J connectivity index is 2.12. The van der Waals surface area contributed by atoms with E-state index in [1.807, 2.05) is 24.3 Å². The van der Waals surface area contributed by atoms with Gasteiger partial charge in [0.05, 0.1) is 14.2 Å². The molecule has 0 unspecified atom stereocenters. The van der Waals surface area contributed by atoms with E-state index in [-0.39, 0.29) is 0 Å². The van der Waals surface area contributed by atoms with Crippen LogP contribution in [0.3, 0.4) is 0 Å². The molecular weight excluding hydrogens is 286 g/mol. The van der Waals surface area contributed by atoms with Gasteiger partial charge in [-0.15, -0.1) is 0 Å². The van der Waals surface area contributed by atoms with E-state index in [1.54, 1.807) is 32.4 Å². The molecule has 0 aliphatic rings. The van der Waals surface area contributed by atoms with Crippen molar-refractivity contribution in [2.75, 3.05) is 14.2 Å². The van der Waals surface area contributed by atoms with Crippen molar-refractivity contribution in [1.29, 1.82) is 0 Å². The third kappa shape index (κ3) is 4.10. The fourth-order valence-corrected chi connectivity index (χ4v) is 1.97. The van der Waals surface area contributed by atoms with Crippen LogP contribution >= 0.6 is 12.2 Å². The van der Waals surface area contributed by atoms with E-state index in [0.717, 1.165) is 11.1 Å². The van der Waals surface area contributed by atoms with Gasteiger partial charge in [0.25, 0.3) is 0 Å². The van der Waals surface area contributed by atoms with E-state index >= 15 is 0 Å². The highest BCUT2D eigenvalue weighted by Gasteiger charge is 2.04. The molecule has 0 spiro atoms. The minimum absolute atomic E-state index is 0.375. The van der Waals surface area contributed by atoms with Gasteiger partial charge in [-0.25, -0.2) is 0 Å². The molecular formula is C16H17NO3S. The first-order valence-electron chi connectivity index (χ1n) is 6.37. The van der Waals surface area contributed by atoms with Crippen molar-refractivity contribution in [3.05, 3.63) is 53.6 Å². The summed E-state index contributed by atoms with van der Waals surface area (Å²) in [5.74, 6) is 2.04. The predicted octanol–water partition coefficient (Wildman–Crippen LogP) is 2.92. The van der Waals surface area contributed by atoms with Crippen molar-refractivity contribution in [2.24, 2.45) is 5.73 Å². The second-order valence-corrected chi connectivity index (χ2v) is 4.84. The molecule has 2 aromatic rings. The molecule has 0 saturated carbocycles. The molecule has 2 rings (SSSR count). The summed E-state index contributed by atoms with van der Waals surface area (Å²) in [5.41, 5.74) is 7.44. The van der Waals surface area contributed by atoms with Gasteiger partial charge >= 0.3 is 0 Å². The van der Waals surface area contributed by atoms with Crippen LogP contribution in [0.4, 0.5) is 0 Å². The van der Waals surface area contributed by atoms with Gasteiger partial charge in [-0.1, -0.05) is 30.4 Å². The first-order chi connectivity index (χ1) is 10.1. The molecule has 2 aromatic carbocycles. The lowest BCUT2D eigenvalue weighted by molar-refractivity contribution is 0.300. The van der Waals surface area contributed by atoms with Crippen LogP contribution in [0, 0.1) is 0 Å². The van der Waals surface area contributed by atoms with Crippen LogP contribution in [0.25, 0.3) is 0 Å².